The fourth-order valence-electron chi connectivity index (χ4n) is 4.20. The van der Waals surface area contributed by atoms with Gasteiger partial charge < -0.3 is 10.0 Å². The Balaban J connectivity index is 1.63. The quantitative estimate of drug-likeness (QED) is 0.906. The number of benzene rings is 1. The van der Waals surface area contributed by atoms with Crippen molar-refractivity contribution in [2.75, 3.05) is 13.1 Å². The maximum atomic E-state index is 12.5. The number of aliphatic carboxylic acids is 1. The first-order valence-electron chi connectivity index (χ1n) is 9.24. The van der Waals surface area contributed by atoms with Crippen LogP contribution in [0.1, 0.15) is 73.2 Å². The Labute approximate surface area is 143 Å². The lowest BCUT2D eigenvalue weighted by atomic mass is 9.77. The third kappa shape index (κ3) is 4.16. The number of nitrogens with zero attached hydrogens (tertiary/aromatic N) is 1. The summed E-state index contributed by atoms with van der Waals surface area (Å²) in [6.07, 6.45) is 7.91. The molecule has 0 spiro atoms. The van der Waals surface area contributed by atoms with Crippen molar-refractivity contribution < 1.29 is 14.7 Å². The predicted molar refractivity (Wildman–Crippen MR) is 93.1 cm³/mol. The molecule has 1 amide bonds. The molecule has 4 nitrogen and oxygen atoms in total. The lowest BCUT2D eigenvalue weighted by Gasteiger charge is -2.29. The van der Waals surface area contributed by atoms with Gasteiger partial charge in [0.1, 0.15) is 0 Å². The Bertz CT molecular complexity index is 575. The number of carboxylic acid groups (broad SMARTS) is 1. The highest BCUT2D eigenvalue weighted by atomic mass is 16.4. The zero-order chi connectivity index (χ0) is 16.9. The van der Waals surface area contributed by atoms with Crippen LogP contribution in [0.3, 0.4) is 0 Å². The van der Waals surface area contributed by atoms with Gasteiger partial charge >= 0.3 is 5.97 Å². The van der Waals surface area contributed by atoms with Crippen molar-refractivity contribution >= 4 is 11.9 Å². The lowest BCUT2D eigenvalue weighted by Crippen LogP contribution is -2.35. The van der Waals surface area contributed by atoms with Crippen molar-refractivity contribution in [3.63, 3.8) is 0 Å². The normalized spacial score (nSPS) is 24.6. The number of carbonyl (C=O) groups excluding carboxylic acids is 1. The molecule has 3 rings (SSSR count). The number of hydrogen-bond donors (Lipinski definition) is 1. The molecule has 0 unspecified atom stereocenters. The summed E-state index contributed by atoms with van der Waals surface area (Å²) in [5.41, 5.74) is 2.03. The van der Waals surface area contributed by atoms with Gasteiger partial charge in [-0.1, -0.05) is 18.6 Å². The number of likely N-dealkylation sites (tertiary alicyclic amines) is 1. The summed E-state index contributed by atoms with van der Waals surface area (Å²) in [7, 11) is 0. The fourth-order valence-corrected chi connectivity index (χ4v) is 4.20. The molecule has 1 aromatic rings. The molecule has 24 heavy (non-hydrogen) atoms. The van der Waals surface area contributed by atoms with Gasteiger partial charge in [0.05, 0.1) is 0 Å². The van der Waals surface area contributed by atoms with E-state index in [1.165, 1.54) is 12.0 Å². The zero-order valence-corrected chi connectivity index (χ0v) is 14.2. The second kappa shape index (κ2) is 7.82. The monoisotopic (exact) mass is 329 g/mol. The number of carboxylic acids is 1. The van der Waals surface area contributed by atoms with E-state index in [-0.39, 0.29) is 18.2 Å². The minimum absolute atomic E-state index is 0.147. The van der Waals surface area contributed by atoms with E-state index < -0.39 is 5.97 Å². The van der Waals surface area contributed by atoms with Crippen molar-refractivity contribution in [1.29, 1.82) is 0 Å². The van der Waals surface area contributed by atoms with Crippen LogP contribution in [0.2, 0.25) is 0 Å². The van der Waals surface area contributed by atoms with Crippen molar-refractivity contribution in [3.05, 3.63) is 35.4 Å². The van der Waals surface area contributed by atoms with E-state index in [4.69, 9.17) is 5.11 Å². The molecule has 1 aromatic carbocycles. The van der Waals surface area contributed by atoms with Crippen molar-refractivity contribution in [3.8, 4) is 0 Å². The third-order valence-electron chi connectivity index (χ3n) is 5.52. The number of carbonyl (C=O) groups is 2. The average molecular weight is 329 g/mol. The number of hydrogen-bond acceptors (Lipinski definition) is 2. The Morgan fingerprint density at radius 2 is 1.71 bits per heavy atom. The highest BCUT2D eigenvalue weighted by Gasteiger charge is 2.25. The van der Waals surface area contributed by atoms with Crippen molar-refractivity contribution in [2.45, 2.75) is 57.3 Å². The molecular weight excluding hydrogens is 302 g/mol. The molecule has 2 fully saturated rings. The van der Waals surface area contributed by atoms with Crippen LogP contribution in [-0.2, 0) is 4.79 Å². The van der Waals surface area contributed by atoms with E-state index in [1.807, 2.05) is 17.0 Å². The zero-order valence-electron chi connectivity index (χ0n) is 14.2. The van der Waals surface area contributed by atoms with Crippen LogP contribution < -0.4 is 0 Å². The molecule has 1 saturated carbocycles. The molecule has 130 valence electrons. The minimum Gasteiger partial charge on any atom is -0.481 e. The largest absolute Gasteiger partial charge is 0.481 e. The van der Waals surface area contributed by atoms with Gasteiger partial charge in [-0.25, -0.2) is 0 Å². The highest BCUT2D eigenvalue weighted by Crippen LogP contribution is 2.37. The van der Waals surface area contributed by atoms with Gasteiger partial charge in [-0.3, -0.25) is 9.59 Å². The molecule has 0 radical (unpaired) electrons. The third-order valence-corrected chi connectivity index (χ3v) is 5.52. The molecule has 4 heteroatoms. The summed E-state index contributed by atoms with van der Waals surface area (Å²) in [5.74, 6) is 0.176. The molecule has 0 aromatic heterocycles. The van der Waals surface area contributed by atoms with Gasteiger partial charge in [0.25, 0.3) is 5.91 Å². The summed E-state index contributed by atoms with van der Waals surface area (Å²) in [6, 6.07) is 8.05. The first-order valence-corrected chi connectivity index (χ1v) is 9.24. The molecule has 1 saturated heterocycles. The second-order valence-electron chi connectivity index (χ2n) is 7.30. The average Bonchev–Trinajstić information content (AvgIpc) is 2.62. The van der Waals surface area contributed by atoms with Crippen LogP contribution >= 0.6 is 0 Å². The van der Waals surface area contributed by atoms with Gasteiger partial charge in [0.15, 0.2) is 0 Å². The molecule has 1 heterocycles. The van der Waals surface area contributed by atoms with Crippen LogP contribution in [0.25, 0.3) is 0 Å². The minimum atomic E-state index is -0.692. The standard InChI is InChI=1S/C20H27NO3/c22-19(23)14-15-5-4-6-18(13-15)16-7-9-17(10-8-16)20(24)21-11-2-1-3-12-21/h7-10,15,18H,1-6,11-14H2,(H,22,23)/t15-,18+/m1/s1. The summed E-state index contributed by atoms with van der Waals surface area (Å²) < 4.78 is 0. The second-order valence-corrected chi connectivity index (χ2v) is 7.30. The first kappa shape index (κ1) is 17.0. The van der Waals surface area contributed by atoms with Crippen LogP contribution in [0, 0.1) is 5.92 Å². The topological polar surface area (TPSA) is 57.6 Å². The predicted octanol–water partition coefficient (Wildman–Crippen LogP) is 4.06. The lowest BCUT2D eigenvalue weighted by molar-refractivity contribution is -0.138. The van der Waals surface area contributed by atoms with Crippen LogP contribution in [0.15, 0.2) is 24.3 Å². The summed E-state index contributed by atoms with van der Waals surface area (Å²) in [6.45, 7) is 1.75. The Morgan fingerprint density at radius 1 is 1.00 bits per heavy atom. The smallest absolute Gasteiger partial charge is 0.303 e. The summed E-state index contributed by atoms with van der Waals surface area (Å²) in [4.78, 5) is 25.4. The molecule has 1 aliphatic carbocycles. The van der Waals surface area contributed by atoms with Gasteiger partial charge in [-0.15, -0.1) is 0 Å². The number of piperidine rings is 1. The Kier molecular flexibility index (Phi) is 5.54. The SMILES string of the molecule is O=C(O)C[C@@H]1CCC[C@H](c2ccc(C(=O)N3CCCCC3)cc2)C1. The fraction of sp³-hybridized carbons (Fsp3) is 0.600. The molecule has 0 bridgehead atoms. The van der Waals surface area contributed by atoms with Crippen LogP contribution in [0.5, 0.6) is 0 Å². The highest BCUT2D eigenvalue weighted by molar-refractivity contribution is 5.94. The maximum Gasteiger partial charge on any atom is 0.303 e. The molecule has 2 aliphatic rings. The van der Waals surface area contributed by atoms with Gasteiger partial charge in [-0.05, 0) is 68.1 Å². The van der Waals surface area contributed by atoms with Crippen molar-refractivity contribution in [2.24, 2.45) is 5.92 Å². The van der Waals surface area contributed by atoms with Crippen LogP contribution in [0.4, 0.5) is 0 Å². The molecule has 1 aliphatic heterocycles. The Hall–Kier alpha value is -1.84. The van der Waals surface area contributed by atoms with E-state index in [1.54, 1.807) is 0 Å². The molecule has 2 atom stereocenters. The number of amides is 1. The molecular formula is C20H27NO3. The van der Waals surface area contributed by atoms with E-state index in [2.05, 4.69) is 12.1 Å². The number of rotatable bonds is 4. The van der Waals surface area contributed by atoms with Crippen molar-refractivity contribution in [1.82, 2.24) is 4.90 Å². The van der Waals surface area contributed by atoms with Gasteiger partial charge in [0.2, 0.25) is 0 Å². The van der Waals surface area contributed by atoms with E-state index in [9.17, 15) is 9.59 Å². The van der Waals surface area contributed by atoms with E-state index in [0.29, 0.717) is 5.92 Å². The summed E-state index contributed by atoms with van der Waals surface area (Å²) >= 11 is 0. The maximum absolute atomic E-state index is 12.5. The van der Waals surface area contributed by atoms with Gasteiger partial charge in [0, 0.05) is 25.1 Å². The Morgan fingerprint density at radius 3 is 2.38 bits per heavy atom. The molecule has 1 N–H and O–H groups in total. The van der Waals surface area contributed by atoms with E-state index in [0.717, 1.165) is 57.2 Å². The van der Waals surface area contributed by atoms with Crippen LogP contribution in [-0.4, -0.2) is 35.0 Å². The van der Waals surface area contributed by atoms with E-state index >= 15 is 0 Å². The summed E-state index contributed by atoms with van der Waals surface area (Å²) in [5, 5.41) is 9.00. The van der Waals surface area contributed by atoms with Gasteiger partial charge in [-0.2, -0.15) is 0 Å². The first-order chi connectivity index (χ1) is 11.6.